The zero-order chi connectivity index (χ0) is 15.3. The predicted molar refractivity (Wildman–Crippen MR) is 66.1 cm³/mol. The zero-order valence-corrected chi connectivity index (χ0v) is 12.2. The van der Waals surface area contributed by atoms with Crippen molar-refractivity contribution in [1.29, 1.82) is 0 Å². The topological polar surface area (TPSA) is 57.7 Å². The standard InChI is InChI=1S/C11H11BrF3NO4/c1-3-19-10(17)7-8(18-2)6(4-12)5-16-9(7)20-11(13,14)15/h5H,3-4H2,1-2H3. The van der Waals surface area contributed by atoms with Crippen molar-refractivity contribution in [3.05, 3.63) is 17.3 Å². The lowest BCUT2D eigenvalue weighted by Crippen LogP contribution is -2.21. The number of ether oxygens (including phenoxy) is 3. The Balaban J connectivity index is 3.39. The monoisotopic (exact) mass is 357 g/mol. The molecule has 1 heterocycles. The minimum atomic E-state index is -4.98. The van der Waals surface area contributed by atoms with Crippen LogP contribution in [0.5, 0.6) is 11.6 Å². The minimum absolute atomic E-state index is 0.00795. The lowest BCUT2D eigenvalue weighted by atomic mass is 10.2. The van der Waals surface area contributed by atoms with E-state index in [2.05, 4.69) is 25.7 Å². The van der Waals surface area contributed by atoms with Gasteiger partial charge in [0.1, 0.15) is 5.75 Å². The van der Waals surface area contributed by atoms with Gasteiger partial charge in [0.15, 0.2) is 5.56 Å². The Hall–Kier alpha value is -1.51. The van der Waals surface area contributed by atoms with Crippen LogP contribution in [0.25, 0.3) is 0 Å². The van der Waals surface area contributed by atoms with Gasteiger partial charge in [-0.1, -0.05) is 15.9 Å². The number of nitrogens with zero attached hydrogens (tertiary/aromatic N) is 1. The van der Waals surface area contributed by atoms with Crippen LogP contribution in [-0.4, -0.2) is 31.0 Å². The molecule has 112 valence electrons. The fourth-order valence-electron chi connectivity index (χ4n) is 1.42. The quantitative estimate of drug-likeness (QED) is 0.598. The van der Waals surface area contributed by atoms with Gasteiger partial charge in [0.05, 0.1) is 13.7 Å². The average Bonchev–Trinajstić information content (AvgIpc) is 2.36. The summed E-state index contributed by atoms with van der Waals surface area (Å²) in [5, 5.41) is 0.238. The number of aromatic nitrogens is 1. The summed E-state index contributed by atoms with van der Waals surface area (Å²) in [5.74, 6) is -1.98. The molecular formula is C11H11BrF3NO4. The molecule has 0 atom stereocenters. The Labute approximate surface area is 121 Å². The zero-order valence-electron chi connectivity index (χ0n) is 10.6. The largest absolute Gasteiger partial charge is 0.574 e. The molecule has 20 heavy (non-hydrogen) atoms. The highest BCUT2D eigenvalue weighted by molar-refractivity contribution is 9.08. The van der Waals surface area contributed by atoms with Gasteiger partial charge >= 0.3 is 12.3 Å². The van der Waals surface area contributed by atoms with Crippen LogP contribution in [0.2, 0.25) is 0 Å². The van der Waals surface area contributed by atoms with Crippen molar-refractivity contribution in [2.45, 2.75) is 18.6 Å². The molecular weight excluding hydrogens is 347 g/mol. The van der Waals surface area contributed by atoms with Crippen LogP contribution >= 0.6 is 15.9 Å². The third-order valence-electron chi connectivity index (χ3n) is 2.11. The molecule has 1 aromatic rings. The molecule has 5 nitrogen and oxygen atoms in total. The molecule has 0 saturated heterocycles. The molecule has 0 saturated carbocycles. The summed E-state index contributed by atoms with van der Waals surface area (Å²) < 4.78 is 50.4. The summed E-state index contributed by atoms with van der Waals surface area (Å²) in [7, 11) is 1.22. The van der Waals surface area contributed by atoms with Crippen molar-refractivity contribution in [3.63, 3.8) is 0 Å². The van der Waals surface area contributed by atoms with Crippen LogP contribution in [0, 0.1) is 0 Å². The maximum absolute atomic E-state index is 12.3. The molecule has 0 aliphatic heterocycles. The third-order valence-corrected chi connectivity index (χ3v) is 2.71. The van der Waals surface area contributed by atoms with E-state index in [0.29, 0.717) is 5.56 Å². The molecule has 0 N–H and O–H groups in total. The Morgan fingerprint density at radius 1 is 1.45 bits per heavy atom. The van der Waals surface area contributed by atoms with E-state index in [0.717, 1.165) is 6.20 Å². The van der Waals surface area contributed by atoms with Gasteiger partial charge in [-0.3, -0.25) is 0 Å². The molecule has 0 aliphatic carbocycles. The van der Waals surface area contributed by atoms with Gasteiger partial charge < -0.3 is 14.2 Å². The summed E-state index contributed by atoms with van der Waals surface area (Å²) in [5.41, 5.74) is -0.103. The SMILES string of the molecule is CCOC(=O)c1c(OC(F)(F)F)ncc(CBr)c1OC. The predicted octanol–water partition coefficient (Wildman–Crippen LogP) is 3.06. The summed E-state index contributed by atoms with van der Waals surface area (Å²) in [6.07, 6.45) is -3.85. The van der Waals surface area contributed by atoms with Crippen molar-refractivity contribution in [3.8, 4) is 11.6 Å². The van der Waals surface area contributed by atoms with E-state index in [9.17, 15) is 18.0 Å². The number of hydrogen-bond donors (Lipinski definition) is 0. The second-order valence-corrected chi connectivity index (χ2v) is 3.96. The smallest absolute Gasteiger partial charge is 0.495 e. The third kappa shape index (κ3) is 3.99. The Kier molecular flexibility index (Phi) is 5.61. The summed E-state index contributed by atoms with van der Waals surface area (Å²) >= 11 is 3.12. The number of halogens is 4. The first-order chi connectivity index (χ1) is 9.34. The van der Waals surface area contributed by atoms with Crippen molar-refractivity contribution >= 4 is 21.9 Å². The van der Waals surface area contributed by atoms with E-state index in [1.807, 2.05) is 0 Å². The first-order valence-corrected chi connectivity index (χ1v) is 6.50. The van der Waals surface area contributed by atoms with Gasteiger partial charge in [-0.25, -0.2) is 9.78 Å². The van der Waals surface area contributed by atoms with E-state index in [1.165, 1.54) is 14.0 Å². The first-order valence-electron chi connectivity index (χ1n) is 5.38. The molecule has 0 amide bonds. The van der Waals surface area contributed by atoms with Crippen LogP contribution in [0.3, 0.4) is 0 Å². The number of methoxy groups -OCH3 is 1. The van der Waals surface area contributed by atoms with Crippen molar-refractivity contribution in [2.24, 2.45) is 0 Å². The Morgan fingerprint density at radius 3 is 2.55 bits per heavy atom. The number of alkyl halides is 4. The first kappa shape index (κ1) is 16.5. The second-order valence-electron chi connectivity index (χ2n) is 3.40. The summed E-state index contributed by atoms with van der Waals surface area (Å²) in [4.78, 5) is 15.3. The van der Waals surface area contributed by atoms with E-state index in [-0.39, 0.29) is 17.7 Å². The Bertz CT molecular complexity index is 493. The average molecular weight is 358 g/mol. The van der Waals surface area contributed by atoms with E-state index >= 15 is 0 Å². The molecule has 0 fully saturated rings. The van der Waals surface area contributed by atoms with Crippen LogP contribution in [0.15, 0.2) is 6.20 Å². The highest BCUT2D eigenvalue weighted by atomic mass is 79.9. The van der Waals surface area contributed by atoms with Gasteiger partial charge in [-0.2, -0.15) is 0 Å². The van der Waals surface area contributed by atoms with E-state index < -0.39 is 23.8 Å². The van der Waals surface area contributed by atoms with Gasteiger partial charge in [0.25, 0.3) is 0 Å². The van der Waals surface area contributed by atoms with Gasteiger partial charge in [-0.15, -0.1) is 13.2 Å². The molecule has 0 spiro atoms. The molecule has 1 aromatic heterocycles. The normalized spacial score (nSPS) is 11.1. The highest BCUT2D eigenvalue weighted by Crippen LogP contribution is 2.34. The number of pyridine rings is 1. The minimum Gasteiger partial charge on any atom is -0.495 e. The van der Waals surface area contributed by atoms with Crippen LogP contribution in [0.4, 0.5) is 13.2 Å². The van der Waals surface area contributed by atoms with Gasteiger partial charge in [-0.05, 0) is 6.92 Å². The van der Waals surface area contributed by atoms with Crippen LogP contribution in [-0.2, 0) is 10.1 Å². The van der Waals surface area contributed by atoms with Crippen molar-refractivity contribution < 1.29 is 32.2 Å². The summed E-state index contributed by atoms with van der Waals surface area (Å²) in [6.45, 7) is 1.52. The fourth-order valence-corrected chi connectivity index (χ4v) is 1.82. The van der Waals surface area contributed by atoms with Gasteiger partial charge in [0.2, 0.25) is 5.88 Å². The molecule has 0 unspecified atom stereocenters. The second kappa shape index (κ2) is 6.78. The number of carbonyl (C=O) groups is 1. The lowest BCUT2D eigenvalue weighted by molar-refractivity contribution is -0.276. The van der Waals surface area contributed by atoms with Crippen LogP contribution < -0.4 is 9.47 Å². The summed E-state index contributed by atoms with van der Waals surface area (Å²) in [6, 6.07) is 0. The lowest BCUT2D eigenvalue weighted by Gasteiger charge is -2.16. The van der Waals surface area contributed by atoms with Crippen LogP contribution in [0.1, 0.15) is 22.8 Å². The fraction of sp³-hybridized carbons (Fsp3) is 0.455. The molecule has 0 bridgehead atoms. The number of esters is 1. The Morgan fingerprint density at radius 2 is 2.10 bits per heavy atom. The number of rotatable bonds is 5. The van der Waals surface area contributed by atoms with E-state index in [1.54, 1.807) is 0 Å². The molecule has 0 aromatic carbocycles. The molecule has 1 rings (SSSR count). The van der Waals surface area contributed by atoms with Crippen molar-refractivity contribution in [2.75, 3.05) is 13.7 Å². The van der Waals surface area contributed by atoms with E-state index in [4.69, 9.17) is 9.47 Å². The van der Waals surface area contributed by atoms with Crippen molar-refractivity contribution in [1.82, 2.24) is 4.98 Å². The highest BCUT2D eigenvalue weighted by Gasteiger charge is 2.36. The molecule has 0 aliphatic rings. The van der Waals surface area contributed by atoms with Gasteiger partial charge in [0, 0.05) is 17.1 Å². The number of carbonyl (C=O) groups excluding carboxylic acids is 1. The maximum Gasteiger partial charge on any atom is 0.574 e. The molecule has 0 radical (unpaired) electrons. The molecule has 9 heteroatoms. The maximum atomic E-state index is 12.3. The number of hydrogen-bond acceptors (Lipinski definition) is 5.